The summed E-state index contributed by atoms with van der Waals surface area (Å²) < 4.78 is 4.90. The van der Waals surface area contributed by atoms with E-state index in [1.807, 2.05) is 6.92 Å². The van der Waals surface area contributed by atoms with Gasteiger partial charge in [-0.25, -0.2) is 0 Å². The Morgan fingerprint density at radius 3 is 2.36 bits per heavy atom. The van der Waals surface area contributed by atoms with Gasteiger partial charge in [0.15, 0.2) is 0 Å². The molecule has 0 saturated carbocycles. The van der Waals surface area contributed by atoms with Crippen LogP contribution in [0.15, 0.2) is 0 Å². The van der Waals surface area contributed by atoms with Crippen LogP contribution in [0.1, 0.15) is 27.2 Å². The van der Waals surface area contributed by atoms with Gasteiger partial charge in [-0.05, 0) is 20.8 Å². The normalized spacial score (nSPS) is 32.2. The van der Waals surface area contributed by atoms with Crippen LogP contribution in [-0.2, 0) is 9.53 Å². The lowest BCUT2D eigenvalue weighted by atomic mass is 9.86. The number of ether oxygens (including phenoxy) is 1. The molecular weight excluding hydrogens is 144 g/mol. The molecule has 64 valence electrons. The summed E-state index contributed by atoms with van der Waals surface area (Å²) in [4.78, 5) is 10.8. The minimum Gasteiger partial charge on any atom is -0.462 e. The summed E-state index contributed by atoms with van der Waals surface area (Å²) >= 11 is 0. The van der Waals surface area contributed by atoms with E-state index in [9.17, 15) is 9.90 Å². The lowest BCUT2D eigenvalue weighted by molar-refractivity contribution is -0.141. The number of aliphatic hydroxyl groups is 1. The van der Waals surface area contributed by atoms with E-state index in [2.05, 4.69) is 0 Å². The second kappa shape index (κ2) is 2.48. The SMILES string of the molecule is CC1OC(=O)CC1C(C)(C)O. The topological polar surface area (TPSA) is 46.5 Å². The second-order valence-electron chi connectivity index (χ2n) is 3.66. The number of hydrogen-bond donors (Lipinski definition) is 1. The molecule has 1 N–H and O–H groups in total. The molecule has 0 aliphatic carbocycles. The van der Waals surface area contributed by atoms with E-state index in [1.54, 1.807) is 13.8 Å². The molecule has 0 bridgehead atoms. The van der Waals surface area contributed by atoms with E-state index >= 15 is 0 Å². The van der Waals surface area contributed by atoms with Crippen molar-refractivity contribution in [3.05, 3.63) is 0 Å². The molecular formula is C8H14O3. The fourth-order valence-electron chi connectivity index (χ4n) is 1.51. The molecule has 1 rings (SSSR count). The molecule has 1 aliphatic heterocycles. The van der Waals surface area contributed by atoms with E-state index in [1.165, 1.54) is 0 Å². The summed E-state index contributed by atoms with van der Waals surface area (Å²) in [6.07, 6.45) is 0.187. The minimum atomic E-state index is -0.814. The Hall–Kier alpha value is -0.570. The van der Waals surface area contributed by atoms with Gasteiger partial charge in [-0.15, -0.1) is 0 Å². The zero-order valence-electron chi connectivity index (χ0n) is 7.13. The molecule has 1 aliphatic rings. The summed E-state index contributed by atoms with van der Waals surface area (Å²) in [7, 11) is 0. The Balaban J connectivity index is 2.67. The van der Waals surface area contributed by atoms with Crippen molar-refractivity contribution >= 4 is 5.97 Å². The highest BCUT2D eigenvalue weighted by Crippen LogP contribution is 2.31. The van der Waals surface area contributed by atoms with E-state index in [4.69, 9.17) is 4.74 Å². The maximum Gasteiger partial charge on any atom is 0.306 e. The first-order valence-electron chi connectivity index (χ1n) is 3.83. The van der Waals surface area contributed by atoms with E-state index in [0.29, 0.717) is 6.42 Å². The molecule has 0 spiro atoms. The Bertz CT molecular complexity index is 169. The van der Waals surface area contributed by atoms with E-state index in [-0.39, 0.29) is 18.0 Å². The molecule has 2 unspecified atom stereocenters. The lowest BCUT2D eigenvalue weighted by Crippen LogP contribution is -2.35. The average molecular weight is 158 g/mol. The van der Waals surface area contributed by atoms with Crippen LogP contribution in [0.5, 0.6) is 0 Å². The molecule has 11 heavy (non-hydrogen) atoms. The van der Waals surface area contributed by atoms with Crippen LogP contribution in [-0.4, -0.2) is 22.8 Å². The molecule has 0 aromatic heterocycles. The Labute approximate surface area is 66.4 Å². The third-order valence-electron chi connectivity index (χ3n) is 2.18. The highest BCUT2D eigenvalue weighted by molar-refractivity contribution is 5.72. The van der Waals surface area contributed by atoms with Gasteiger partial charge in [0.25, 0.3) is 0 Å². The van der Waals surface area contributed by atoms with Gasteiger partial charge < -0.3 is 9.84 Å². The first-order valence-corrected chi connectivity index (χ1v) is 3.83. The quantitative estimate of drug-likeness (QED) is 0.572. The highest BCUT2D eigenvalue weighted by atomic mass is 16.6. The predicted octanol–water partition coefficient (Wildman–Crippen LogP) is 0.709. The number of rotatable bonds is 1. The minimum absolute atomic E-state index is 0.0602. The summed E-state index contributed by atoms with van der Waals surface area (Å²) in [5.41, 5.74) is -0.814. The standard InChI is InChI=1S/C8H14O3/c1-5-6(8(2,3)10)4-7(9)11-5/h5-6,10H,4H2,1-3H3. The second-order valence-corrected chi connectivity index (χ2v) is 3.66. The van der Waals surface area contributed by atoms with Gasteiger partial charge in [-0.3, -0.25) is 4.79 Å². The molecule has 3 nitrogen and oxygen atoms in total. The van der Waals surface area contributed by atoms with Crippen LogP contribution in [0.4, 0.5) is 0 Å². The molecule has 2 atom stereocenters. The maximum atomic E-state index is 10.8. The zero-order chi connectivity index (χ0) is 8.65. The van der Waals surface area contributed by atoms with Gasteiger partial charge >= 0.3 is 5.97 Å². The summed E-state index contributed by atoms with van der Waals surface area (Å²) in [5.74, 6) is -0.264. The predicted molar refractivity (Wildman–Crippen MR) is 40.0 cm³/mol. The van der Waals surface area contributed by atoms with Crippen LogP contribution in [0.3, 0.4) is 0 Å². The van der Waals surface area contributed by atoms with E-state index < -0.39 is 5.60 Å². The number of esters is 1. The summed E-state index contributed by atoms with van der Waals surface area (Å²) in [6.45, 7) is 5.22. The molecule has 1 saturated heterocycles. The van der Waals surface area contributed by atoms with E-state index in [0.717, 1.165) is 0 Å². The smallest absolute Gasteiger partial charge is 0.306 e. The van der Waals surface area contributed by atoms with Crippen LogP contribution >= 0.6 is 0 Å². The van der Waals surface area contributed by atoms with Crippen LogP contribution in [0.2, 0.25) is 0 Å². The van der Waals surface area contributed by atoms with Gasteiger partial charge in [-0.1, -0.05) is 0 Å². The number of carbonyl (C=O) groups excluding carboxylic acids is 1. The third kappa shape index (κ3) is 1.71. The van der Waals surface area contributed by atoms with Crippen molar-refractivity contribution in [3.63, 3.8) is 0 Å². The maximum absolute atomic E-state index is 10.8. The number of hydrogen-bond acceptors (Lipinski definition) is 3. The fraction of sp³-hybridized carbons (Fsp3) is 0.875. The largest absolute Gasteiger partial charge is 0.462 e. The van der Waals surface area contributed by atoms with Crippen molar-refractivity contribution in [1.82, 2.24) is 0 Å². The molecule has 0 amide bonds. The lowest BCUT2D eigenvalue weighted by Gasteiger charge is -2.26. The highest BCUT2D eigenvalue weighted by Gasteiger charge is 2.40. The first kappa shape index (κ1) is 8.53. The van der Waals surface area contributed by atoms with Gasteiger partial charge in [0.1, 0.15) is 6.10 Å². The number of cyclic esters (lactones) is 1. The van der Waals surface area contributed by atoms with Crippen molar-refractivity contribution in [2.75, 3.05) is 0 Å². The molecule has 0 radical (unpaired) electrons. The Kier molecular flexibility index (Phi) is 1.92. The first-order chi connectivity index (χ1) is 4.91. The fourth-order valence-corrected chi connectivity index (χ4v) is 1.51. The molecule has 1 fully saturated rings. The van der Waals surface area contributed by atoms with Gasteiger partial charge in [0.05, 0.1) is 12.0 Å². The van der Waals surface area contributed by atoms with Crippen LogP contribution in [0, 0.1) is 5.92 Å². The van der Waals surface area contributed by atoms with Gasteiger partial charge in [-0.2, -0.15) is 0 Å². The van der Waals surface area contributed by atoms with Crippen molar-refractivity contribution < 1.29 is 14.6 Å². The summed E-state index contributed by atoms with van der Waals surface area (Å²) in [6, 6.07) is 0. The molecule has 1 heterocycles. The third-order valence-corrected chi connectivity index (χ3v) is 2.18. The molecule has 0 aromatic carbocycles. The Morgan fingerprint density at radius 1 is 1.64 bits per heavy atom. The van der Waals surface area contributed by atoms with Crippen molar-refractivity contribution in [1.29, 1.82) is 0 Å². The van der Waals surface area contributed by atoms with Crippen LogP contribution in [0.25, 0.3) is 0 Å². The molecule has 0 aromatic rings. The van der Waals surface area contributed by atoms with Gasteiger partial charge in [0.2, 0.25) is 0 Å². The van der Waals surface area contributed by atoms with Gasteiger partial charge in [0, 0.05) is 5.92 Å². The summed E-state index contributed by atoms with van der Waals surface area (Å²) in [5, 5.41) is 9.57. The zero-order valence-corrected chi connectivity index (χ0v) is 7.13. The monoisotopic (exact) mass is 158 g/mol. The van der Waals surface area contributed by atoms with Crippen molar-refractivity contribution in [2.45, 2.75) is 38.9 Å². The van der Waals surface area contributed by atoms with Crippen molar-refractivity contribution in [3.8, 4) is 0 Å². The van der Waals surface area contributed by atoms with Crippen molar-refractivity contribution in [2.24, 2.45) is 5.92 Å². The average Bonchev–Trinajstić information content (AvgIpc) is 2.08. The number of carbonyl (C=O) groups is 1. The Morgan fingerprint density at radius 2 is 2.18 bits per heavy atom. The van der Waals surface area contributed by atoms with Crippen LogP contribution < -0.4 is 0 Å². The molecule has 3 heteroatoms.